The lowest BCUT2D eigenvalue weighted by molar-refractivity contribution is -0.162. The van der Waals surface area contributed by atoms with Crippen LogP contribution < -0.4 is 10.5 Å². The number of halogens is 5. The fourth-order valence-electron chi connectivity index (χ4n) is 1.12. The molecule has 0 radical (unpaired) electrons. The molecule has 0 amide bonds. The predicted octanol–water partition coefficient (Wildman–Crippen LogP) is 3.60. The van der Waals surface area contributed by atoms with Gasteiger partial charge < -0.3 is 10.5 Å². The van der Waals surface area contributed by atoms with Crippen LogP contribution in [0.15, 0.2) is 22.7 Å². The number of nitrogens with one attached hydrogen (secondary N) is 1. The van der Waals surface area contributed by atoms with E-state index in [9.17, 15) is 13.2 Å². The van der Waals surface area contributed by atoms with E-state index in [0.717, 1.165) is 0 Å². The van der Waals surface area contributed by atoms with Gasteiger partial charge in [0.2, 0.25) is 0 Å². The largest absolute Gasteiger partial charge is 0.491 e. The van der Waals surface area contributed by atoms with Crippen molar-refractivity contribution in [2.75, 3.05) is 6.61 Å². The number of hydrogen-bond acceptors (Lipinski definition) is 2. The van der Waals surface area contributed by atoms with E-state index >= 15 is 0 Å². The van der Waals surface area contributed by atoms with Gasteiger partial charge in [-0.25, -0.2) is 0 Å². The van der Waals surface area contributed by atoms with Gasteiger partial charge in [0.25, 0.3) is 0 Å². The molecule has 0 aliphatic rings. The van der Waals surface area contributed by atoms with Crippen molar-refractivity contribution in [2.45, 2.75) is 6.18 Å². The second-order valence-corrected chi connectivity index (χ2v) is 4.76. The summed E-state index contributed by atoms with van der Waals surface area (Å²) in [5.74, 6) is -3.04. The van der Waals surface area contributed by atoms with E-state index in [4.69, 9.17) is 27.5 Å². The fourth-order valence-corrected chi connectivity index (χ4v) is 1.63. The SMILES string of the molecule is N=C(N)C(COc1cc(Br)ccc1Cl)C(F)(F)F. The van der Waals surface area contributed by atoms with Gasteiger partial charge in [0.15, 0.2) is 0 Å². The van der Waals surface area contributed by atoms with Crippen molar-refractivity contribution in [1.29, 1.82) is 5.41 Å². The number of hydrogen-bond donors (Lipinski definition) is 2. The van der Waals surface area contributed by atoms with Crippen LogP contribution in [0.2, 0.25) is 5.02 Å². The van der Waals surface area contributed by atoms with Crippen molar-refractivity contribution in [3.8, 4) is 5.75 Å². The predicted molar refractivity (Wildman–Crippen MR) is 66.1 cm³/mol. The van der Waals surface area contributed by atoms with Gasteiger partial charge in [0.05, 0.1) is 5.02 Å². The lowest BCUT2D eigenvalue weighted by atomic mass is 10.1. The van der Waals surface area contributed by atoms with Gasteiger partial charge in [-0.3, -0.25) is 5.41 Å². The van der Waals surface area contributed by atoms with E-state index in [2.05, 4.69) is 15.9 Å². The van der Waals surface area contributed by atoms with Crippen molar-refractivity contribution in [3.63, 3.8) is 0 Å². The molecule has 0 fully saturated rings. The number of benzene rings is 1. The monoisotopic (exact) mass is 344 g/mol. The molecular formula is C10H9BrClF3N2O. The number of rotatable bonds is 4. The first-order valence-corrected chi connectivity index (χ1v) is 5.87. The molecule has 0 saturated carbocycles. The van der Waals surface area contributed by atoms with Crippen molar-refractivity contribution >= 4 is 33.4 Å². The Morgan fingerprint density at radius 1 is 1.50 bits per heavy atom. The van der Waals surface area contributed by atoms with E-state index in [0.29, 0.717) is 4.47 Å². The number of amidine groups is 1. The molecule has 1 aromatic carbocycles. The zero-order chi connectivity index (χ0) is 13.9. The number of ether oxygens (including phenoxy) is 1. The van der Waals surface area contributed by atoms with Crippen LogP contribution in [0.3, 0.4) is 0 Å². The van der Waals surface area contributed by atoms with Gasteiger partial charge in [-0.05, 0) is 18.2 Å². The average Bonchev–Trinajstić information content (AvgIpc) is 2.20. The molecule has 1 unspecified atom stereocenters. The topological polar surface area (TPSA) is 59.1 Å². The second kappa shape index (κ2) is 5.79. The molecule has 0 saturated heterocycles. The summed E-state index contributed by atoms with van der Waals surface area (Å²) in [4.78, 5) is 0. The molecule has 18 heavy (non-hydrogen) atoms. The summed E-state index contributed by atoms with van der Waals surface area (Å²) in [6, 6.07) is 4.55. The summed E-state index contributed by atoms with van der Waals surface area (Å²) in [5.41, 5.74) is 4.90. The zero-order valence-corrected chi connectivity index (χ0v) is 11.2. The molecule has 0 aliphatic heterocycles. The van der Waals surface area contributed by atoms with Crippen LogP contribution in [-0.2, 0) is 0 Å². The van der Waals surface area contributed by atoms with Crippen LogP contribution >= 0.6 is 27.5 Å². The lowest BCUT2D eigenvalue weighted by Crippen LogP contribution is -2.39. The first-order valence-electron chi connectivity index (χ1n) is 4.70. The highest BCUT2D eigenvalue weighted by atomic mass is 79.9. The summed E-state index contributed by atoms with van der Waals surface area (Å²) in [6.07, 6.45) is -4.62. The minimum atomic E-state index is -4.62. The average molecular weight is 346 g/mol. The Morgan fingerprint density at radius 2 is 2.11 bits per heavy atom. The van der Waals surface area contributed by atoms with E-state index in [1.165, 1.54) is 12.1 Å². The van der Waals surface area contributed by atoms with Crippen molar-refractivity contribution < 1.29 is 17.9 Å². The third-order valence-corrected chi connectivity index (χ3v) is 2.87. The molecule has 3 nitrogen and oxygen atoms in total. The number of alkyl halides is 3. The highest BCUT2D eigenvalue weighted by Gasteiger charge is 2.42. The summed E-state index contributed by atoms with van der Waals surface area (Å²) in [6.45, 7) is -0.783. The van der Waals surface area contributed by atoms with Crippen LogP contribution in [0, 0.1) is 11.3 Å². The first kappa shape index (κ1) is 15.1. The van der Waals surface area contributed by atoms with Crippen molar-refractivity contribution in [2.24, 2.45) is 11.7 Å². The first-order chi connectivity index (χ1) is 8.21. The van der Waals surface area contributed by atoms with Gasteiger partial charge in [-0.1, -0.05) is 27.5 Å². The van der Waals surface area contributed by atoms with Crippen molar-refractivity contribution in [1.82, 2.24) is 0 Å². The summed E-state index contributed by atoms with van der Waals surface area (Å²) in [5, 5.41) is 7.09. The molecule has 8 heteroatoms. The quantitative estimate of drug-likeness (QED) is 0.647. The van der Waals surface area contributed by atoms with E-state index in [1.54, 1.807) is 6.07 Å². The standard InChI is InChI=1S/C10H9BrClF3N2O/c11-5-1-2-7(12)8(3-5)18-4-6(9(16)17)10(13,14)15/h1-3,6H,4H2,(H3,16,17). The summed E-state index contributed by atoms with van der Waals surface area (Å²) in [7, 11) is 0. The Balaban J connectivity index is 2.79. The maximum absolute atomic E-state index is 12.5. The Hall–Kier alpha value is -0.950. The Morgan fingerprint density at radius 3 is 2.61 bits per heavy atom. The zero-order valence-electron chi connectivity index (χ0n) is 8.89. The van der Waals surface area contributed by atoms with Crippen molar-refractivity contribution in [3.05, 3.63) is 27.7 Å². The highest BCUT2D eigenvalue weighted by Crippen LogP contribution is 2.31. The van der Waals surface area contributed by atoms with Gasteiger partial charge in [-0.15, -0.1) is 0 Å². The van der Waals surface area contributed by atoms with Crippen LogP contribution in [0.25, 0.3) is 0 Å². The molecule has 100 valence electrons. The molecule has 0 aliphatic carbocycles. The molecule has 0 bridgehead atoms. The summed E-state index contributed by atoms with van der Waals surface area (Å²) >= 11 is 8.91. The Bertz CT molecular complexity index is 453. The molecular weight excluding hydrogens is 336 g/mol. The third-order valence-electron chi connectivity index (χ3n) is 2.07. The minimum absolute atomic E-state index is 0.0986. The van der Waals surface area contributed by atoms with E-state index in [-0.39, 0.29) is 10.8 Å². The molecule has 0 aromatic heterocycles. The number of nitrogens with two attached hydrogens (primary N) is 1. The van der Waals surface area contributed by atoms with Crippen LogP contribution in [0.1, 0.15) is 0 Å². The Kier molecular flexibility index (Phi) is 4.86. The summed E-state index contributed by atoms with van der Waals surface area (Å²) < 4.78 is 43.1. The van der Waals surface area contributed by atoms with Gasteiger partial charge >= 0.3 is 6.18 Å². The fraction of sp³-hybridized carbons (Fsp3) is 0.300. The highest BCUT2D eigenvalue weighted by molar-refractivity contribution is 9.10. The molecule has 1 atom stereocenters. The molecule has 3 N–H and O–H groups in total. The second-order valence-electron chi connectivity index (χ2n) is 3.44. The smallest absolute Gasteiger partial charge is 0.401 e. The molecule has 0 heterocycles. The molecule has 1 aromatic rings. The third kappa shape index (κ3) is 4.06. The van der Waals surface area contributed by atoms with Gasteiger partial charge in [0, 0.05) is 4.47 Å². The normalized spacial score (nSPS) is 13.2. The molecule has 1 rings (SSSR count). The van der Waals surface area contributed by atoms with E-state index < -0.39 is 24.5 Å². The van der Waals surface area contributed by atoms with Crippen LogP contribution in [0.5, 0.6) is 5.75 Å². The van der Waals surface area contributed by atoms with Crippen LogP contribution in [0.4, 0.5) is 13.2 Å². The van der Waals surface area contributed by atoms with Crippen LogP contribution in [-0.4, -0.2) is 18.6 Å². The lowest BCUT2D eigenvalue weighted by Gasteiger charge is -2.19. The van der Waals surface area contributed by atoms with E-state index in [1.807, 2.05) is 0 Å². The maximum Gasteiger partial charge on any atom is 0.401 e. The van der Waals surface area contributed by atoms with Gasteiger partial charge in [0.1, 0.15) is 24.1 Å². The minimum Gasteiger partial charge on any atom is -0.491 e. The Labute approximate surface area is 115 Å². The molecule has 0 spiro atoms. The maximum atomic E-state index is 12.5. The van der Waals surface area contributed by atoms with Gasteiger partial charge in [-0.2, -0.15) is 13.2 Å².